The van der Waals surface area contributed by atoms with Gasteiger partial charge in [-0.3, -0.25) is 14.1 Å². The fourth-order valence-corrected chi connectivity index (χ4v) is 3.40. The van der Waals surface area contributed by atoms with Crippen LogP contribution in [0.4, 0.5) is 0 Å². The molecule has 2 aromatic heterocycles. The highest BCUT2D eigenvalue weighted by atomic mass is 32.1. The molecule has 3 aromatic rings. The van der Waals surface area contributed by atoms with Crippen LogP contribution >= 0.6 is 11.3 Å². The summed E-state index contributed by atoms with van der Waals surface area (Å²) in [6, 6.07) is 8.96. The topological polar surface area (TPSA) is 67.1 Å². The standard InChI is InChI=1S/C17H19N3O3S/c1-19(15(11-21)12-3-5-14(23-2)6-4-12)10-13-9-16(22)20-7-8-24-17(20)18-13/h3-9,15,21H,10-11H2,1-2H3. The third-order valence-corrected chi connectivity index (χ3v) is 4.73. The number of likely N-dealkylation sites (N-methyl/N-ethyl adjacent to an activating group) is 1. The van der Waals surface area contributed by atoms with E-state index in [-0.39, 0.29) is 18.2 Å². The van der Waals surface area contributed by atoms with Gasteiger partial charge >= 0.3 is 0 Å². The molecule has 7 heteroatoms. The Morgan fingerprint density at radius 3 is 2.79 bits per heavy atom. The van der Waals surface area contributed by atoms with Gasteiger partial charge in [-0.25, -0.2) is 4.98 Å². The van der Waals surface area contributed by atoms with Crippen LogP contribution in [0.1, 0.15) is 17.3 Å². The Bertz CT molecular complexity index is 873. The Morgan fingerprint density at radius 1 is 1.38 bits per heavy atom. The molecule has 0 saturated carbocycles. The van der Waals surface area contributed by atoms with Crippen LogP contribution in [-0.4, -0.2) is 40.2 Å². The van der Waals surface area contributed by atoms with Gasteiger partial charge in [-0.05, 0) is 24.7 Å². The Hall–Kier alpha value is -2.22. The first-order chi connectivity index (χ1) is 11.6. The van der Waals surface area contributed by atoms with Crippen molar-refractivity contribution < 1.29 is 9.84 Å². The molecule has 0 spiro atoms. The number of aromatic nitrogens is 2. The van der Waals surface area contributed by atoms with Crippen LogP contribution in [0.25, 0.3) is 4.96 Å². The maximum Gasteiger partial charge on any atom is 0.258 e. The molecule has 0 amide bonds. The van der Waals surface area contributed by atoms with Gasteiger partial charge in [0, 0.05) is 24.2 Å². The van der Waals surface area contributed by atoms with Crippen molar-refractivity contribution >= 4 is 16.3 Å². The number of rotatable bonds is 6. The van der Waals surface area contributed by atoms with E-state index in [1.807, 2.05) is 41.6 Å². The number of ether oxygens (including phenoxy) is 1. The second-order valence-corrected chi connectivity index (χ2v) is 6.40. The molecule has 0 aliphatic rings. The molecule has 1 unspecified atom stereocenters. The molecule has 1 atom stereocenters. The second kappa shape index (κ2) is 7.12. The first kappa shape index (κ1) is 16.6. The van der Waals surface area contributed by atoms with Crippen molar-refractivity contribution in [2.45, 2.75) is 12.6 Å². The fourth-order valence-electron chi connectivity index (χ4n) is 2.66. The maximum atomic E-state index is 12.1. The normalized spacial score (nSPS) is 12.7. The van der Waals surface area contributed by atoms with Gasteiger partial charge in [0.2, 0.25) is 0 Å². The summed E-state index contributed by atoms with van der Waals surface area (Å²) >= 11 is 1.43. The molecule has 24 heavy (non-hydrogen) atoms. The molecule has 0 aliphatic heterocycles. The van der Waals surface area contributed by atoms with E-state index in [9.17, 15) is 9.90 Å². The summed E-state index contributed by atoms with van der Waals surface area (Å²) in [5.74, 6) is 0.774. The van der Waals surface area contributed by atoms with E-state index >= 15 is 0 Å². The Kier molecular flexibility index (Phi) is 4.94. The smallest absolute Gasteiger partial charge is 0.258 e. The molecule has 6 nitrogen and oxygen atoms in total. The van der Waals surface area contributed by atoms with Crippen LogP contribution in [0, 0.1) is 0 Å². The van der Waals surface area contributed by atoms with Crippen molar-refractivity contribution in [2.24, 2.45) is 0 Å². The number of aliphatic hydroxyl groups is 1. The van der Waals surface area contributed by atoms with Gasteiger partial charge in [-0.1, -0.05) is 12.1 Å². The quantitative estimate of drug-likeness (QED) is 0.739. The van der Waals surface area contributed by atoms with Crippen LogP contribution in [0.2, 0.25) is 0 Å². The SMILES string of the molecule is COc1ccc(C(CO)N(C)Cc2cc(=O)n3ccsc3n2)cc1. The van der Waals surface area contributed by atoms with E-state index in [4.69, 9.17) is 4.74 Å². The summed E-state index contributed by atoms with van der Waals surface area (Å²) < 4.78 is 6.69. The number of methoxy groups -OCH3 is 1. The summed E-state index contributed by atoms with van der Waals surface area (Å²) in [6.45, 7) is 0.448. The van der Waals surface area contributed by atoms with E-state index in [0.29, 0.717) is 17.2 Å². The van der Waals surface area contributed by atoms with Gasteiger partial charge in [0.25, 0.3) is 5.56 Å². The van der Waals surface area contributed by atoms with Gasteiger partial charge < -0.3 is 9.84 Å². The average Bonchev–Trinajstić information content (AvgIpc) is 3.05. The summed E-state index contributed by atoms with van der Waals surface area (Å²) in [7, 11) is 3.53. The molecule has 0 saturated heterocycles. The average molecular weight is 345 g/mol. The van der Waals surface area contributed by atoms with Crippen molar-refractivity contribution in [1.82, 2.24) is 14.3 Å². The van der Waals surface area contributed by atoms with Crippen molar-refractivity contribution in [2.75, 3.05) is 20.8 Å². The van der Waals surface area contributed by atoms with Crippen LogP contribution in [0.3, 0.4) is 0 Å². The molecular formula is C17H19N3O3S. The van der Waals surface area contributed by atoms with Crippen LogP contribution < -0.4 is 10.3 Å². The molecule has 126 valence electrons. The monoisotopic (exact) mass is 345 g/mol. The lowest BCUT2D eigenvalue weighted by Crippen LogP contribution is -2.28. The zero-order valence-electron chi connectivity index (χ0n) is 13.5. The molecule has 3 rings (SSSR count). The number of fused-ring (bicyclic) bond motifs is 1. The lowest BCUT2D eigenvalue weighted by atomic mass is 10.1. The van der Waals surface area contributed by atoms with Gasteiger partial charge in [0.15, 0.2) is 4.96 Å². The number of hydrogen-bond donors (Lipinski definition) is 1. The molecule has 0 bridgehead atoms. The third-order valence-electron chi connectivity index (χ3n) is 3.97. The van der Waals surface area contributed by atoms with E-state index in [2.05, 4.69) is 4.98 Å². The highest BCUT2D eigenvalue weighted by Crippen LogP contribution is 2.23. The summed E-state index contributed by atoms with van der Waals surface area (Å²) in [4.78, 5) is 19.2. The number of thiazole rings is 1. The number of hydrogen-bond acceptors (Lipinski definition) is 6. The van der Waals surface area contributed by atoms with E-state index in [0.717, 1.165) is 11.3 Å². The predicted octanol–water partition coefficient (Wildman–Crippen LogP) is 1.93. The Balaban J connectivity index is 1.82. The van der Waals surface area contributed by atoms with Crippen LogP contribution in [0.5, 0.6) is 5.75 Å². The zero-order chi connectivity index (χ0) is 17.1. The first-order valence-corrected chi connectivity index (χ1v) is 8.41. The van der Waals surface area contributed by atoms with Crippen molar-refractivity contribution in [3.05, 3.63) is 63.5 Å². The van der Waals surface area contributed by atoms with E-state index < -0.39 is 0 Å². The van der Waals surface area contributed by atoms with Crippen molar-refractivity contribution in [3.63, 3.8) is 0 Å². The second-order valence-electron chi connectivity index (χ2n) is 5.53. The van der Waals surface area contributed by atoms with Crippen molar-refractivity contribution in [3.8, 4) is 5.75 Å². The first-order valence-electron chi connectivity index (χ1n) is 7.53. The minimum Gasteiger partial charge on any atom is -0.497 e. The minimum absolute atomic E-state index is 0.0247. The number of aliphatic hydroxyl groups excluding tert-OH is 1. The zero-order valence-corrected chi connectivity index (χ0v) is 14.4. The third kappa shape index (κ3) is 3.33. The van der Waals surface area contributed by atoms with Crippen LogP contribution in [-0.2, 0) is 6.54 Å². The maximum absolute atomic E-state index is 12.1. The van der Waals surface area contributed by atoms with E-state index in [1.54, 1.807) is 19.4 Å². The highest BCUT2D eigenvalue weighted by molar-refractivity contribution is 7.15. The molecule has 1 aromatic carbocycles. The lowest BCUT2D eigenvalue weighted by molar-refractivity contribution is 0.141. The minimum atomic E-state index is -0.181. The Morgan fingerprint density at radius 2 is 2.12 bits per heavy atom. The molecule has 0 aliphatic carbocycles. The van der Waals surface area contributed by atoms with Gasteiger partial charge in [-0.15, -0.1) is 11.3 Å². The number of nitrogens with zero attached hydrogens (tertiary/aromatic N) is 3. The highest BCUT2D eigenvalue weighted by Gasteiger charge is 2.17. The summed E-state index contributed by atoms with van der Waals surface area (Å²) in [5, 5.41) is 11.6. The molecular weight excluding hydrogens is 326 g/mol. The van der Waals surface area contributed by atoms with Gasteiger partial charge in [0.05, 0.1) is 25.5 Å². The predicted molar refractivity (Wildman–Crippen MR) is 93.6 cm³/mol. The van der Waals surface area contributed by atoms with Gasteiger partial charge in [-0.2, -0.15) is 0 Å². The Labute approximate surface area is 143 Å². The van der Waals surface area contributed by atoms with Crippen molar-refractivity contribution in [1.29, 1.82) is 0 Å². The fraction of sp³-hybridized carbons (Fsp3) is 0.294. The molecule has 0 radical (unpaired) electrons. The number of benzene rings is 1. The lowest BCUT2D eigenvalue weighted by Gasteiger charge is -2.26. The van der Waals surface area contributed by atoms with Crippen LogP contribution in [0.15, 0.2) is 46.7 Å². The molecule has 2 heterocycles. The largest absolute Gasteiger partial charge is 0.497 e. The van der Waals surface area contributed by atoms with Gasteiger partial charge in [0.1, 0.15) is 5.75 Å². The summed E-state index contributed by atoms with van der Waals surface area (Å²) in [5.41, 5.74) is 1.58. The summed E-state index contributed by atoms with van der Waals surface area (Å²) in [6.07, 6.45) is 1.72. The van der Waals surface area contributed by atoms with E-state index in [1.165, 1.54) is 15.7 Å². The molecule has 1 N–H and O–H groups in total. The molecule has 0 fully saturated rings.